The van der Waals surface area contributed by atoms with Gasteiger partial charge in [-0.25, -0.2) is 0 Å². The fraction of sp³-hybridized carbons (Fsp3) is 0.348. The number of hydrogen-bond acceptors (Lipinski definition) is 4. The fourth-order valence-electron chi connectivity index (χ4n) is 3.52. The Balaban J connectivity index is 1.45. The molecule has 30 heavy (non-hydrogen) atoms. The van der Waals surface area contributed by atoms with Crippen LogP contribution in [0.25, 0.3) is 0 Å². The van der Waals surface area contributed by atoms with Crippen molar-refractivity contribution in [3.8, 4) is 5.75 Å². The van der Waals surface area contributed by atoms with E-state index in [0.29, 0.717) is 49.4 Å². The Labute approximate surface area is 176 Å². The van der Waals surface area contributed by atoms with E-state index in [1.807, 2.05) is 18.2 Å². The first kappa shape index (κ1) is 21.4. The number of hydrogen-bond donors (Lipinski definition) is 2. The molecule has 7 heteroatoms. The van der Waals surface area contributed by atoms with Crippen molar-refractivity contribution in [2.24, 2.45) is 0 Å². The van der Waals surface area contributed by atoms with E-state index in [1.54, 1.807) is 48.4 Å². The van der Waals surface area contributed by atoms with E-state index in [0.717, 1.165) is 6.42 Å². The molecule has 0 unspecified atom stereocenters. The zero-order valence-electron chi connectivity index (χ0n) is 17.1. The number of benzene rings is 2. The smallest absolute Gasteiger partial charge is 0.254 e. The summed E-state index contributed by atoms with van der Waals surface area (Å²) in [5, 5.41) is 5.72. The van der Waals surface area contributed by atoms with E-state index in [9.17, 15) is 14.4 Å². The van der Waals surface area contributed by atoms with E-state index in [1.165, 1.54) is 0 Å². The first-order chi connectivity index (χ1) is 14.6. The molecule has 0 aromatic heterocycles. The van der Waals surface area contributed by atoms with Crippen molar-refractivity contribution in [1.29, 1.82) is 0 Å². The molecule has 2 aromatic rings. The van der Waals surface area contributed by atoms with E-state index in [-0.39, 0.29) is 17.7 Å². The topological polar surface area (TPSA) is 87.7 Å². The summed E-state index contributed by atoms with van der Waals surface area (Å²) >= 11 is 0. The largest absolute Gasteiger partial charge is 0.497 e. The second kappa shape index (κ2) is 10.4. The lowest BCUT2D eigenvalue weighted by Gasteiger charge is -2.24. The van der Waals surface area contributed by atoms with Crippen LogP contribution in [0, 0.1) is 0 Å². The van der Waals surface area contributed by atoms with Crippen LogP contribution >= 0.6 is 0 Å². The van der Waals surface area contributed by atoms with Gasteiger partial charge in [0.05, 0.1) is 7.11 Å². The Bertz CT molecular complexity index is 885. The van der Waals surface area contributed by atoms with Gasteiger partial charge in [0.2, 0.25) is 5.91 Å². The van der Waals surface area contributed by atoms with Crippen molar-refractivity contribution < 1.29 is 19.1 Å². The van der Waals surface area contributed by atoms with Crippen LogP contribution in [-0.4, -0.2) is 55.4 Å². The monoisotopic (exact) mass is 409 g/mol. The van der Waals surface area contributed by atoms with Crippen molar-refractivity contribution in [2.75, 3.05) is 26.7 Å². The Hall–Kier alpha value is -3.35. The van der Waals surface area contributed by atoms with Gasteiger partial charge in [-0.1, -0.05) is 24.3 Å². The molecule has 3 rings (SSSR count). The predicted molar refractivity (Wildman–Crippen MR) is 113 cm³/mol. The first-order valence-electron chi connectivity index (χ1n) is 10.2. The van der Waals surface area contributed by atoms with Gasteiger partial charge in [0.15, 0.2) is 0 Å². The van der Waals surface area contributed by atoms with Crippen molar-refractivity contribution in [1.82, 2.24) is 15.5 Å². The van der Waals surface area contributed by atoms with Crippen molar-refractivity contribution in [3.63, 3.8) is 0 Å². The Morgan fingerprint density at radius 2 is 1.73 bits per heavy atom. The van der Waals surface area contributed by atoms with Gasteiger partial charge in [0.25, 0.3) is 11.8 Å². The normalized spacial score (nSPS) is 15.5. The predicted octanol–water partition coefficient (Wildman–Crippen LogP) is 2.24. The summed E-state index contributed by atoms with van der Waals surface area (Å²) < 4.78 is 5.18. The quantitative estimate of drug-likeness (QED) is 0.655. The molecule has 1 aliphatic heterocycles. The molecule has 158 valence electrons. The van der Waals surface area contributed by atoms with Crippen LogP contribution in [0.3, 0.4) is 0 Å². The number of likely N-dealkylation sites (tertiary alicyclic amines) is 1. The molecule has 0 spiro atoms. The molecule has 1 fully saturated rings. The third-order valence-electron chi connectivity index (χ3n) is 5.11. The van der Waals surface area contributed by atoms with Crippen molar-refractivity contribution in [2.45, 2.75) is 25.3 Å². The summed E-state index contributed by atoms with van der Waals surface area (Å²) in [5.41, 5.74) is 1.12. The zero-order chi connectivity index (χ0) is 21.3. The molecule has 1 aliphatic rings. The average Bonchev–Trinajstić information content (AvgIpc) is 3.28. The molecule has 0 aliphatic carbocycles. The van der Waals surface area contributed by atoms with Gasteiger partial charge in [0, 0.05) is 30.8 Å². The number of nitrogens with one attached hydrogen (secondary N) is 2. The molecule has 0 radical (unpaired) electrons. The SMILES string of the molecule is COc1cccc(C(=O)N2CCC[C@H]2C(=O)NCCCNC(=O)c2ccccc2)c1. The summed E-state index contributed by atoms with van der Waals surface area (Å²) in [4.78, 5) is 39.1. The summed E-state index contributed by atoms with van der Waals surface area (Å²) in [7, 11) is 1.55. The van der Waals surface area contributed by atoms with Gasteiger partial charge in [-0.15, -0.1) is 0 Å². The average molecular weight is 409 g/mol. The summed E-state index contributed by atoms with van der Waals surface area (Å²) in [6.45, 7) is 1.46. The Kier molecular flexibility index (Phi) is 7.43. The maximum Gasteiger partial charge on any atom is 0.254 e. The zero-order valence-corrected chi connectivity index (χ0v) is 17.1. The molecule has 0 bridgehead atoms. The number of carbonyl (C=O) groups is 3. The number of amides is 3. The Morgan fingerprint density at radius 3 is 2.50 bits per heavy atom. The van der Waals surface area contributed by atoms with E-state index in [2.05, 4.69) is 10.6 Å². The summed E-state index contributed by atoms with van der Waals surface area (Å²) in [5.74, 6) is 0.159. The van der Waals surface area contributed by atoms with Crippen molar-refractivity contribution in [3.05, 3.63) is 65.7 Å². The molecule has 1 heterocycles. The highest BCUT2D eigenvalue weighted by Gasteiger charge is 2.34. The molecule has 3 amide bonds. The minimum atomic E-state index is -0.470. The number of carbonyl (C=O) groups excluding carboxylic acids is 3. The van der Waals surface area contributed by atoms with Crippen LogP contribution in [0.4, 0.5) is 0 Å². The van der Waals surface area contributed by atoms with E-state index >= 15 is 0 Å². The molecule has 2 N–H and O–H groups in total. The minimum Gasteiger partial charge on any atom is -0.497 e. The van der Waals surface area contributed by atoms with Gasteiger partial charge in [0.1, 0.15) is 11.8 Å². The fourth-order valence-corrected chi connectivity index (χ4v) is 3.52. The summed E-state index contributed by atoms with van der Waals surface area (Å²) in [6.07, 6.45) is 2.05. The number of nitrogens with zero attached hydrogens (tertiary/aromatic N) is 1. The molecule has 1 atom stereocenters. The molecule has 1 saturated heterocycles. The van der Waals surface area contributed by atoms with Gasteiger partial charge in [-0.2, -0.15) is 0 Å². The maximum absolute atomic E-state index is 12.9. The third-order valence-corrected chi connectivity index (χ3v) is 5.11. The van der Waals surface area contributed by atoms with Gasteiger partial charge in [-0.05, 0) is 49.6 Å². The highest BCUT2D eigenvalue weighted by Crippen LogP contribution is 2.22. The third kappa shape index (κ3) is 5.37. The number of methoxy groups -OCH3 is 1. The van der Waals surface area contributed by atoms with Crippen molar-refractivity contribution >= 4 is 17.7 Å². The number of rotatable bonds is 8. The second-order valence-electron chi connectivity index (χ2n) is 7.16. The van der Waals surface area contributed by atoms with Crippen LogP contribution in [-0.2, 0) is 4.79 Å². The lowest BCUT2D eigenvalue weighted by atomic mass is 10.1. The first-order valence-corrected chi connectivity index (χ1v) is 10.2. The van der Waals surface area contributed by atoms with Gasteiger partial charge in [-0.3, -0.25) is 14.4 Å². The molecular formula is C23H27N3O4. The highest BCUT2D eigenvalue weighted by atomic mass is 16.5. The molecule has 7 nitrogen and oxygen atoms in total. The Morgan fingerprint density at radius 1 is 1.00 bits per heavy atom. The van der Waals surface area contributed by atoms with E-state index < -0.39 is 6.04 Å². The number of ether oxygens (including phenoxy) is 1. The van der Waals surface area contributed by atoms with Gasteiger partial charge >= 0.3 is 0 Å². The minimum absolute atomic E-state index is 0.132. The van der Waals surface area contributed by atoms with Crippen LogP contribution in [0.15, 0.2) is 54.6 Å². The lowest BCUT2D eigenvalue weighted by Crippen LogP contribution is -2.46. The van der Waals surface area contributed by atoms with Crippen LogP contribution in [0.5, 0.6) is 5.75 Å². The molecule has 2 aromatic carbocycles. The lowest BCUT2D eigenvalue weighted by molar-refractivity contribution is -0.124. The summed E-state index contributed by atoms with van der Waals surface area (Å²) in [6, 6.07) is 15.5. The highest BCUT2D eigenvalue weighted by molar-refractivity contribution is 5.98. The van der Waals surface area contributed by atoms with Crippen LogP contribution in [0.2, 0.25) is 0 Å². The van der Waals surface area contributed by atoms with E-state index in [4.69, 9.17) is 4.74 Å². The second-order valence-corrected chi connectivity index (χ2v) is 7.16. The van der Waals surface area contributed by atoms with Crippen LogP contribution in [0.1, 0.15) is 40.0 Å². The standard InChI is InChI=1S/C23H27N3O4/c1-30-19-11-5-10-18(16-19)23(29)26-15-6-12-20(26)22(28)25-14-7-13-24-21(27)17-8-3-2-4-9-17/h2-5,8-11,16,20H,6-7,12-15H2,1H3,(H,24,27)(H,25,28)/t20-/m0/s1. The molecular weight excluding hydrogens is 382 g/mol. The van der Waals surface area contributed by atoms with Crippen LogP contribution < -0.4 is 15.4 Å². The van der Waals surface area contributed by atoms with Gasteiger partial charge < -0.3 is 20.3 Å². The molecule has 0 saturated carbocycles. The maximum atomic E-state index is 12.9.